The van der Waals surface area contributed by atoms with Gasteiger partial charge in [-0.1, -0.05) is 0 Å². The molecule has 1 rings (SSSR count). The molecule has 0 aliphatic heterocycles. The Bertz CT molecular complexity index is 314. The van der Waals surface area contributed by atoms with E-state index in [0.717, 1.165) is 6.07 Å². The second kappa shape index (κ2) is 6.52. The molecule has 5 heteroatoms. The standard InChI is InChI=1S/C11H15F2NO2/c1-16-3-2-14-11(7-15)8-4-9(12)6-10(13)5-8/h4-6,11,14-15H,2-3,7H2,1H3. The molecule has 0 bridgehead atoms. The summed E-state index contributed by atoms with van der Waals surface area (Å²) in [4.78, 5) is 0. The van der Waals surface area contributed by atoms with Crippen LogP contribution in [0.25, 0.3) is 0 Å². The van der Waals surface area contributed by atoms with Crippen LogP contribution in [0.1, 0.15) is 11.6 Å². The molecule has 2 N–H and O–H groups in total. The number of hydrogen-bond donors (Lipinski definition) is 2. The second-order valence-electron chi connectivity index (χ2n) is 3.38. The molecule has 0 saturated carbocycles. The van der Waals surface area contributed by atoms with E-state index in [4.69, 9.17) is 9.84 Å². The zero-order valence-electron chi connectivity index (χ0n) is 9.04. The van der Waals surface area contributed by atoms with Crippen LogP contribution >= 0.6 is 0 Å². The number of rotatable bonds is 6. The summed E-state index contributed by atoms with van der Waals surface area (Å²) in [6.07, 6.45) is 0. The van der Waals surface area contributed by atoms with Crippen molar-refractivity contribution in [1.82, 2.24) is 5.32 Å². The molecule has 3 nitrogen and oxygen atoms in total. The third kappa shape index (κ3) is 3.84. The first-order valence-electron chi connectivity index (χ1n) is 4.96. The van der Waals surface area contributed by atoms with Gasteiger partial charge in [-0.3, -0.25) is 0 Å². The molecule has 0 aromatic heterocycles. The van der Waals surface area contributed by atoms with Crippen LogP contribution in [0, 0.1) is 11.6 Å². The molecule has 1 atom stereocenters. The van der Waals surface area contributed by atoms with Crippen molar-refractivity contribution in [1.29, 1.82) is 0 Å². The van der Waals surface area contributed by atoms with Gasteiger partial charge in [-0.2, -0.15) is 0 Å². The summed E-state index contributed by atoms with van der Waals surface area (Å²) in [6.45, 7) is 0.737. The van der Waals surface area contributed by atoms with E-state index in [1.807, 2.05) is 0 Å². The van der Waals surface area contributed by atoms with Crippen molar-refractivity contribution in [3.8, 4) is 0 Å². The van der Waals surface area contributed by atoms with Gasteiger partial charge in [0.25, 0.3) is 0 Å². The van der Waals surface area contributed by atoms with E-state index in [0.29, 0.717) is 18.7 Å². The summed E-state index contributed by atoms with van der Waals surface area (Å²) in [5, 5.41) is 12.0. The quantitative estimate of drug-likeness (QED) is 0.724. The number of aliphatic hydroxyl groups excluding tert-OH is 1. The molecular formula is C11H15F2NO2. The van der Waals surface area contributed by atoms with Gasteiger partial charge in [-0.05, 0) is 17.7 Å². The maximum absolute atomic E-state index is 12.9. The highest BCUT2D eigenvalue weighted by Crippen LogP contribution is 2.15. The highest BCUT2D eigenvalue weighted by Gasteiger charge is 2.11. The Morgan fingerprint density at radius 2 is 1.94 bits per heavy atom. The van der Waals surface area contributed by atoms with E-state index in [1.165, 1.54) is 12.1 Å². The molecule has 0 radical (unpaired) electrons. The van der Waals surface area contributed by atoms with Crippen LogP contribution in [0.3, 0.4) is 0 Å². The number of ether oxygens (including phenoxy) is 1. The van der Waals surface area contributed by atoms with E-state index in [-0.39, 0.29) is 6.61 Å². The van der Waals surface area contributed by atoms with Crippen LogP contribution in [0.5, 0.6) is 0 Å². The van der Waals surface area contributed by atoms with Crippen LogP contribution in [0.15, 0.2) is 18.2 Å². The Balaban J connectivity index is 2.70. The van der Waals surface area contributed by atoms with Crippen molar-refractivity contribution in [2.24, 2.45) is 0 Å². The zero-order valence-corrected chi connectivity index (χ0v) is 9.04. The number of hydrogen-bond acceptors (Lipinski definition) is 3. The average molecular weight is 231 g/mol. The van der Waals surface area contributed by atoms with Gasteiger partial charge >= 0.3 is 0 Å². The summed E-state index contributed by atoms with van der Waals surface area (Å²) >= 11 is 0. The van der Waals surface area contributed by atoms with E-state index in [9.17, 15) is 8.78 Å². The molecule has 0 heterocycles. The van der Waals surface area contributed by atoms with Gasteiger partial charge in [0.1, 0.15) is 11.6 Å². The molecule has 1 aromatic carbocycles. The van der Waals surface area contributed by atoms with Crippen molar-refractivity contribution in [3.63, 3.8) is 0 Å². The summed E-state index contributed by atoms with van der Waals surface area (Å²) in [7, 11) is 1.55. The second-order valence-corrected chi connectivity index (χ2v) is 3.38. The minimum absolute atomic E-state index is 0.230. The number of methoxy groups -OCH3 is 1. The van der Waals surface area contributed by atoms with Crippen molar-refractivity contribution in [3.05, 3.63) is 35.4 Å². The normalized spacial score (nSPS) is 12.8. The predicted molar refractivity (Wildman–Crippen MR) is 56.1 cm³/mol. The number of benzene rings is 1. The van der Waals surface area contributed by atoms with Gasteiger partial charge in [-0.25, -0.2) is 8.78 Å². The molecule has 0 aliphatic carbocycles. The smallest absolute Gasteiger partial charge is 0.126 e. The minimum Gasteiger partial charge on any atom is -0.394 e. The summed E-state index contributed by atoms with van der Waals surface area (Å²) in [5.41, 5.74) is 0.385. The van der Waals surface area contributed by atoms with Crippen molar-refractivity contribution in [2.45, 2.75) is 6.04 Å². The monoisotopic (exact) mass is 231 g/mol. The topological polar surface area (TPSA) is 41.5 Å². The van der Waals surface area contributed by atoms with Crippen LogP contribution in [-0.2, 0) is 4.74 Å². The maximum atomic E-state index is 12.9. The van der Waals surface area contributed by atoms with Crippen molar-refractivity contribution >= 4 is 0 Å². The average Bonchev–Trinajstić information content (AvgIpc) is 2.23. The van der Waals surface area contributed by atoms with E-state index in [1.54, 1.807) is 7.11 Å². The Labute approximate surface area is 93.0 Å². The molecule has 90 valence electrons. The largest absolute Gasteiger partial charge is 0.394 e. The third-order valence-electron chi connectivity index (χ3n) is 2.17. The molecule has 0 aliphatic rings. The van der Waals surface area contributed by atoms with Crippen molar-refractivity contribution < 1.29 is 18.6 Å². The Morgan fingerprint density at radius 3 is 2.44 bits per heavy atom. The van der Waals surface area contributed by atoms with Crippen LogP contribution in [0.4, 0.5) is 8.78 Å². The van der Waals surface area contributed by atoms with Crippen LogP contribution < -0.4 is 5.32 Å². The van der Waals surface area contributed by atoms with Gasteiger partial charge in [0.2, 0.25) is 0 Å². The zero-order chi connectivity index (χ0) is 12.0. The van der Waals surface area contributed by atoms with E-state index < -0.39 is 17.7 Å². The first-order valence-corrected chi connectivity index (χ1v) is 4.96. The fraction of sp³-hybridized carbons (Fsp3) is 0.455. The first kappa shape index (κ1) is 13.0. The Hall–Kier alpha value is -1.04. The third-order valence-corrected chi connectivity index (χ3v) is 2.17. The van der Waals surface area contributed by atoms with Gasteiger partial charge in [0, 0.05) is 19.7 Å². The molecule has 0 saturated heterocycles. The first-order chi connectivity index (χ1) is 7.67. The lowest BCUT2D eigenvalue weighted by Gasteiger charge is -2.16. The molecule has 16 heavy (non-hydrogen) atoms. The highest BCUT2D eigenvalue weighted by atomic mass is 19.1. The van der Waals surface area contributed by atoms with Gasteiger partial charge in [-0.15, -0.1) is 0 Å². The molecule has 0 spiro atoms. The SMILES string of the molecule is COCCNC(CO)c1cc(F)cc(F)c1. The maximum Gasteiger partial charge on any atom is 0.126 e. The highest BCUT2D eigenvalue weighted by molar-refractivity contribution is 5.21. The fourth-order valence-corrected chi connectivity index (χ4v) is 1.40. The lowest BCUT2D eigenvalue weighted by atomic mass is 10.1. The molecule has 1 unspecified atom stereocenters. The Morgan fingerprint density at radius 1 is 1.31 bits per heavy atom. The minimum atomic E-state index is -0.651. The van der Waals surface area contributed by atoms with E-state index in [2.05, 4.69) is 5.32 Å². The van der Waals surface area contributed by atoms with Crippen LogP contribution in [0.2, 0.25) is 0 Å². The van der Waals surface area contributed by atoms with E-state index >= 15 is 0 Å². The Kier molecular flexibility index (Phi) is 5.31. The molecule has 1 aromatic rings. The fourth-order valence-electron chi connectivity index (χ4n) is 1.40. The molecule has 0 amide bonds. The van der Waals surface area contributed by atoms with Gasteiger partial charge < -0.3 is 15.2 Å². The number of aliphatic hydroxyl groups is 1. The lowest BCUT2D eigenvalue weighted by Crippen LogP contribution is -2.27. The molecule has 0 fully saturated rings. The number of nitrogens with one attached hydrogen (secondary N) is 1. The lowest BCUT2D eigenvalue weighted by molar-refractivity contribution is 0.184. The molecular weight excluding hydrogens is 216 g/mol. The number of halogens is 2. The predicted octanol–water partition coefficient (Wildman–Crippen LogP) is 1.23. The summed E-state index contributed by atoms with van der Waals surface area (Å²) in [5.74, 6) is -1.30. The van der Waals surface area contributed by atoms with Gasteiger partial charge in [0.15, 0.2) is 0 Å². The van der Waals surface area contributed by atoms with Crippen molar-refractivity contribution in [2.75, 3.05) is 26.9 Å². The van der Waals surface area contributed by atoms with Crippen LogP contribution in [-0.4, -0.2) is 32.0 Å². The summed E-state index contributed by atoms with van der Waals surface area (Å²) < 4.78 is 30.7. The van der Waals surface area contributed by atoms with Gasteiger partial charge in [0.05, 0.1) is 19.3 Å². The summed E-state index contributed by atoms with van der Waals surface area (Å²) in [6, 6.07) is 2.71.